The Morgan fingerprint density at radius 1 is 1.20 bits per heavy atom. The monoisotopic (exact) mass is 365 g/mol. The van der Waals surface area contributed by atoms with Gasteiger partial charge in [0.25, 0.3) is 0 Å². The molecular formula is C18H27N3O3S. The van der Waals surface area contributed by atoms with Crippen LogP contribution in [-0.4, -0.2) is 44.8 Å². The molecule has 0 radical (unpaired) electrons. The average Bonchev–Trinajstić information content (AvgIpc) is 3.31. The van der Waals surface area contributed by atoms with Crippen LogP contribution in [0.2, 0.25) is 0 Å². The van der Waals surface area contributed by atoms with Crippen molar-refractivity contribution in [1.29, 1.82) is 0 Å². The number of anilines is 2. The fourth-order valence-corrected chi connectivity index (χ4v) is 4.79. The third kappa shape index (κ3) is 3.82. The third-order valence-corrected chi connectivity index (χ3v) is 7.01. The molecule has 1 saturated heterocycles. The van der Waals surface area contributed by atoms with Crippen LogP contribution in [0.4, 0.5) is 11.4 Å². The largest absolute Gasteiger partial charge is 0.370 e. The van der Waals surface area contributed by atoms with Crippen LogP contribution in [0.15, 0.2) is 23.1 Å². The molecule has 2 aliphatic rings. The lowest BCUT2D eigenvalue weighted by molar-refractivity contribution is -0.117. The van der Waals surface area contributed by atoms with Gasteiger partial charge in [-0.3, -0.25) is 4.79 Å². The second kappa shape index (κ2) is 7.33. The summed E-state index contributed by atoms with van der Waals surface area (Å²) in [5, 5.41) is 2.97. The lowest BCUT2D eigenvalue weighted by Crippen LogP contribution is -2.31. The predicted molar refractivity (Wildman–Crippen MR) is 99.3 cm³/mol. The van der Waals surface area contributed by atoms with E-state index >= 15 is 0 Å². The number of carbonyl (C=O) groups excluding carboxylic acids is 1. The van der Waals surface area contributed by atoms with Gasteiger partial charge in [0.05, 0.1) is 16.3 Å². The molecule has 1 aliphatic heterocycles. The number of sulfonamides is 1. The number of nitrogens with zero attached hydrogens (tertiary/aromatic N) is 2. The van der Waals surface area contributed by atoms with Gasteiger partial charge in [-0.25, -0.2) is 8.42 Å². The maximum absolute atomic E-state index is 12.8. The van der Waals surface area contributed by atoms with E-state index in [1.807, 2.05) is 19.9 Å². The molecule has 25 heavy (non-hydrogen) atoms. The molecule has 7 heteroatoms. The molecule has 1 aromatic rings. The van der Waals surface area contributed by atoms with Crippen molar-refractivity contribution < 1.29 is 13.2 Å². The fraction of sp³-hybridized carbons (Fsp3) is 0.611. The zero-order valence-electron chi connectivity index (χ0n) is 15.0. The van der Waals surface area contributed by atoms with Gasteiger partial charge < -0.3 is 10.2 Å². The van der Waals surface area contributed by atoms with Crippen molar-refractivity contribution >= 4 is 27.3 Å². The van der Waals surface area contributed by atoms with Crippen LogP contribution in [0.5, 0.6) is 0 Å². The van der Waals surface area contributed by atoms with Crippen molar-refractivity contribution in [2.24, 2.45) is 5.92 Å². The lowest BCUT2D eigenvalue weighted by atomic mass is 10.2. The number of hydrogen-bond acceptors (Lipinski definition) is 4. The topological polar surface area (TPSA) is 69.7 Å². The maximum atomic E-state index is 12.8. The van der Waals surface area contributed by atoms with Crippen molar-refractivity contribution in [3.63, 3.8) is 0 Å². The molecule has 0 spiro atoms. The molecule has 3 rings (SSSR count). The number of carbonyl (C=O) groups is 1. The van der Waals surface area contributed by atoms with Gasteiger partial charge in [-0.05, 0) is 43.9 Å². The first-order valence-corrected chi connectivity index (χ1v) is 10.6. The van der Waals surface area contributed by atoms with Crippen LogP contribution in [0.25, 0.3) is 0 Å². The van der Waals surface area contributed by atoms with Gasteiger partial charge >= 0.3 is 0 Å². The Balaban J connectivity index is 1.96. The number of nitrogens with one attached hydrogen (secondary N) is 1. The summed E-state index contributed by atoms with van der Waals surface area (Å²) in [7, 11) is -3.54. The summed E-state index contributed by atoms with van der Waals surface area (Å²) in [5.41, 5.74) is 1.54. The highest BCUT2D eigenvalue weighted by Crippen LogP contribution is 2.35. The molecule has 0 unspecified atom stereocenters. The van der Waals surface area contributed by atoms with Crippen molar-refractivity contribution in [3.05, 3.63) is 18.2 Å². The van der Waals surface area contributed by atoms with E-state index in [9.17, 15) is 13.2 Å². The van der Waals surface area contributed by atoms with Crippen LogP contribution in [0.3, 0.4) is 0 Å². The molecular weight excluding hydrogens is 338 g/mol. The highest BCUT2D eigenvalue weighted by molar-refractivity contribution is 7.89. The van der Waals surface area contributed by atoms with Gasteiger partial charge in [-0.1, -0.05) is 13.8 Å². The summed E-state index contributed by atoms with van der Waals surface area (Å²) in [6.45, 7) is 6.39. The van der Waals surface area contributed by atoms with Gasteiger partial charge in [0, 0.05) is 32.1 Å². The summed E-state index contributed by atoms with van der Waals surface area (Å²) < 4.78 is 27.1. The van der Waals surface area contributed by atoms with E-state index in [4.69, 9.17) is 0 Å². The number of benzene rings is 1. The minimum Gasteiger partial charge on any atom is -0.370 e. The molecule has 138 valence electrons. The first kappa shape index (κ1) is 18.2. The van der Waals surface area contributed by atoms with Crippen molar-refractivity contribution in [2.75, 3.05) is 36.4 Å². The zero-order chi connectivity index (χ0) is 18.0. The Hall–Kier alpha value is -1.60. The molecule has 1 heterocycles. The standard InChI is InChI=1S/C18H27N3O3S/c1-3-21(4-2)25(23,24)15-9-10-17(20-11-5-6-12-20)16(13-15)19-18(22)14-7-8-14/h9-10,13-14H,3-8,11-12H2,1-2H3,(H,19,22). The van der Waals surface area contributed by atoms with Gasteiger partial charge in [-0.15, -0.1) is 0 Å². The molecule has 1 aromatic carbocycles. The van der Waals surface area contributed by atoms with Gasteiger partial charge in [0.2, 0.25) is 15.9 Å². The van der Waals surface area contributed by atoms with E-state index < -0.39 is 10.0 Å². The fourth-order valence-electron chi connectivity index (χ4n) is 3.30. The zero-order valence-corrected chi connectivity index (χ0v) is 15.8. The quantitative estimate of drug-likeness (QED) is 0.806. The Labute approximate surface area is 150 Å². The van der Waals surface area contributed by atoms with Crippen molar-refractivity contribution in [3.8, 4) is 0 Å². The smallest absolute Gasteiger partial charge is 0.243 e. The van der Waals surface area contributed by atoms with E-state index in [2.05, 4.69) is 10.2 Å². The molecule has 1 amide bonds. The van der Waals surface area contributed by atoms with Crippen LogP contribution in [0.1, 0.15) is 39.5 Å². The minimum atomic E-state index is -3.54. The molecule has 2 fully saturated rings. The second-order valence-corrected chi connectivity index (χ2v) is 8.66. The van der Waals surface area contributed by atoms with Crippen LogP contribution >= 0.6 is 0 Å². The van der Waals surface area contributed by atoms with Crippen LogP contribution in [-0.2, 0) is 14.8 Å². The van der Waals surface area contributed by atoms with E-state index in [1.165, 1.54) is 4.31 Å². The van der Waals surface area contributed by atoms with Gasteiger partial charge in [0.15, 0.2) is 0 Å². The van der Waals surface area contributed by atoms with Gasteiger partial charge in [-0.2, -0.15) is 4.31 Å². The Morgan fingerprint density at radius 3 is 2.40 bits per heavy atom. The summed E-state index contributed by atoms with van der Waals surface area (Å²) in [6, 6.07) is 5.12. The highest BCUT2D eigenvalue weighted by atomic mass is 32.2. The van der Waals surface area contributed by atoms with Crippen molar-refractivity contribution in [1.82, 2.24) is 4.31 Å². The van der Waals surface area contributed by atoms with E-state index in [0.717, 1.165) is 44.5 Å². The Bertz CT molecular complexity index is 734. The molecule has 0 atom stereocenters. The van der Waals surface area contributed by atoms with E-state index in [0.29, 0.717) is 18.8 Å². The first-order chi connectivity index (χ1) is 12.0. The van der Waals surface area contributed by atoms with Gasteiger partial charge in [0.1, 0.15) is 0 Å². The first-order valence-electron chi connectivity index (χ1n) is 9.17. The summed E-state index contributed by atoms with van der Waals surface area (Å²) in [5.74, 6) is 0.0762. The number of hydrogen-bond donors (Lipinski definition) is 1. The highest BCUT2D eigenvalue weighted by Gasteiger charge is 2.31. The SMILES string of the molecule is CCN(CC)S(=O)(=O)c1ccc(N2CCCC2)c(NC(=O)C2CC2)c1. The molecule has 0 bridgehead atoms. The summed E-state index contributed by atoms with van der Waals surface area (Å²) in [6.07, 6.45) is 4.08. The maximum Gasteiger partial charge on any atom is 0.243 e. The molecule has 0 aromatic heterocycles. The molecule has 6 nitrogen and oxygen atoms in total. The Morgan fingerprint density at radius 2 is 1.84 bits per heavy atom. The number of amides is 1. The van der Waals surface area contributed by atoms with E-state index in [-0.39, 0.29) is 16.7 Å². The summed E-state index contributed by atoms with van der Waals surface area (Å²) in [4.78, 5) is 14.7. The average molecular weight is 365 g/mol. The molecule has 1 saturated carbocycles. The Kier molecular flexibility index (Phi) is 5.34. The molecule has 1 aliphatic carbocycles. The van der Waals surface area contributed by atoms with Crippen LogP contribution < -0.4 is 10.2 Å². The second-order valence-electron chi connectivity index (χ2n) is 6.73. The van der Waals surface area contributed by atoms with Crippen molar-refractivity contribution in [2.45, 2.75) is 44.4 Å². The predicted octanol–water partition coefficient (Wildman–Crippen LogP) is 2.67. The number of rotatable bonds is 7. The third-order valence-electron chi connectivity index (χ3n) is 4.96. The normalized spacial score (nSPS) is 18.0. The van der Waals surface area contributed by atoms with E-state index in [1.54, 1.807) is 12.1 Å². The summed E-state index contributed by atoms with van der Waals surface area (Å²) >= 11 is 0. The van der Waals surface area contributed by atoms with Crippen LogP contribution in [0, 0.1) is 5.92 Å². The minimum absolute atomic E-state index is 0.00201. The lowest BCUT2D eigenvalue weighted by Gasteiger charge is -2.24. The molecule has 1 N–H and O–H groups in total.